The van der Waals surface area contributed by atoms with E-state index in [1.807, 2.05) is 13.8 Å². The van der Waals surface area contributed by atoms with Gasteiger partial charge in [-0.15, -0.1) is 0 Å². The van der Waals surface area contributed by atoms with E-state index in [0.717, 1.165) is 13.1 Å². The van der Waals surface area contributed by atoms with Gasteiger partial charge in [-0.1, -0.05) is 27.7 Å². The number of aliphatic hydroxyl groups excluding tert-OH is 1. The topological polar surface area (TPSA) is 75.8 Å². The quantitative estimate of drug-likeness (QED) is 0.457. The molecule has 1 aromatic rings. The van der Waals surface area contributed by atoms with Crippen LogP contribution in [0.5, 0.6) is 0 Å². The first-order valence-corrected chi connectivity index (χ1v) is 7.27. The van der Waals surface area contributed by atoms with Gasteiger partial charge < -0.3 is 20.5 Å². The van der Waals surface area contributed by atoms with E-state index in [9.17, 15) is 9.90 Å². The van der Waals surface area contributed by atoms with Gasteiger partial charge >= 0.3 is 5.97 Å². The van der Waals surface area contributed by atoms with Crippen LogP contribution in [0.25, 0.3) is 0 Å². The minimum absolute atomic E-state index is 0.377. The number of ether oxygens (including phenoxy) is 1. The molecule has 0 heterocycles. The summed E-state index contributed by atoms with van der Waals surface area (Å²) in [5.41, 5.74) is 5.98. The zero-order valence-electron chi connectivity index (χ0n) is 13.3. The highest BCUT2D eigenvalue weighted by molar-refractivity contribution is 5.89. The van der Waals surface area contributed by atoms with Crippen LogP contribution in [0.15, 0.2) is 24.3 Å². The summed E-state index contributed by atoms with van der Waals surface area (Å²) in [7, 11) is 0. The molecular weight excluding hydrogens is 268 g/mol. The van der Waals surface area contributed by atoms with Crippen molar-refractivity contribution in [1.29, 1.82) is 0 Å². The molecule has 0 aliphatic carbocycles. The van der Waals surface area contributed by atoms with Gasteiger partial charge in [0.15, 0.2) is 0 Å². The average Bonchev–Trinajstić information content (AvgIpc) is 2.45. The molecule has 1 aromatic carbocycles. The van der Waals surface area contributed by atoms with Crippen molar-refractivity contribution >= 4 is 11.7 Å². The van der Waals surface area contributed by atoms with Gasteiger partial charge in [-0.05, 0) is 37.4 Å². The summed E-state index contributed by atoms with van der Waals surface area (Å²) < 4.78 is 5.18. The summed E-state index contributed by atoms with van der Waals surface area (Å²) >= 11 is 0. The number of nitrogens with two attached hydrogens (primary N) is 1. The molecule has 118 valence electrons. The predicted octanol–water partition coefficient (Wildman–Crippen LogP) is 2.11. The Morgan fingerprint density at radius 3 is 2.29 bits per heavy atom. The van der Waals surface area contributed by atoms with E-state index in [0.29, 0.717) is 17.8 Å². The lowest BCUT2D eigenvalue weighted by Gasteiger charge is -2.34. The van der Waals surface area contributed by atoms with Gasteiger partial charge in [0.05, 0.1) is 5.56 Å². The first kappa shape index (κ1) is 17.5. The van der Waals surface area contributed by atoms with Crippen molar-refractivity contribution in [3.05, 3.63) is 29.8 Å². The normalized spacial score (nSPS) is 13.2. The summed E-state index contributed by atoms with van der Waals surface area (Å²) in [4.78, 5) is 14.2. The van der Waals surface area contributed by atoms with E-state index < -0.39 is 17.7 Å². The van der Waals surface area contributed by atoms with E-state index in [1.54, 1.807) is 24.3 Å². The number of hydrogen-bond acceptors (Lipinski definition) is 5. The number of nitrogens with zero attached hydrogens (tertiary/aromatic N) is 1. The Morgan fingerprint density at radius 1 is 1.29 bits per heavy atom. The fourth-order valence-electron chi connectivity index (χ4n) is 2.05. The Kier molecular flexibility index (Phi) is 6.18. The molecule has 5 heteroatoms. The van der Waals surface area contributed by atoms with Crippen LogP contribution in [0.3, 0.4) is 0 Å². The van der Waals surface area contributed by atoms with Gasteiger partial charge in [-0.2, -0.15) is 0 Å². The van der Waals surface area contributed by atoms with Crippen molar-refractivity contribution in [2.24, 2.45) is 5.41 Å². The zero-order chi connectivity index (χ0) is 16.0. The van der Waals surface area contributed by atoms with E-state index in [4.69, 9.17) is 10.5 Å². The number of hydrogen-bond donors (Lipinski definition) is 2. The van der Waals surface area contributed by atoms with E-state index in [2.05, 4.69) is 18.7 Å². The second kappa shape index (κ2) is 7.43. The van der Waals surface area contributed by atoms with Gasteiger partial charge in [-0.25, -0.2) is 4.79 Å². The van der Waals surface area contributed by atoms with Crippen LogP contribution in [-0.4, -0.2) is 41.9 Å². The minimum atomic E-state index is -1.16. The molecule has 0 spiro atoms. The first-order valence-electron chi connectivity index (χ1n) is 7.27. The Labute approximate surface area is 126 Å². The van der Waals surface area contributed by atoms with Crippen molar-refractivity contribution in [3.63, 3.8) is 0 Å². The molecular formula is C16H26N2O3. The third-order valence-corrected chi connectivity index (χ3v) is 3.56. The van der Waals surface area contributed by atoms with E-state index in [-0.39, 0.29) is 0 Å². The maximum Gasteiger partial charge on any atom is 0.340 e. The van der Waals surface area contributed by atoms with Crippen molar-refractivity contribution in [1.82, 2.24) is 4.90 Å². The molecule has 1 unspecified atom stereocenters. The Bertz CT molecular complexity index is 453. The number of benzene rings is 1. The number of aliphatic hydroxyl groups is 1. The van der Waals surface area contributed by atoms with Crippen molar-refractivity contribution in [3.8, 4) is 0 Å². The minimum Gasteiger partial charge on any atom is -0.432 e. The molecule has 0 fully saturated rings. The SMILES string of the molecule is CCN(CC)CC(C)(C)C(O)OC(=O)c1ccc(N)cc1. The van der Waals surface area contributed by atoms with Crippen LogP contribution in [0, 0.1) is 5.41 Å². The molecule has 3 N–H and O–H groups in total. The molecule has 1 rings (SSSR count). The van der Waals surface area contributed by atoms with Gasteiger partial charge in [0.1, 0.15) is 0 Å². The van der Waals surface area contributed by atoms with Crippen molar-refractivity contribution in [2.45, 2.75) is 34.0 Å². The summed E-state index contributed by atoms with van der Waals surface area (Å²) in [5, 5.41) is 10.2. The number of anilines is 1. The molecule has 0 saturated carbocycles. The first-order chi connectivity index (χ1) is 9.80. The lowest BCUT2D eigenvalue weighted by atomic mass is 9.91. The summed E-state index contributed by atoms with van der Waals surface area (Å²) in [6.07, 6.45) is -1.16. The molecule has 0 saturated heterocycles. The standard InChI is InChI=1S/C16H26N2O3/c1-5-18(6-2)11-16(3,4)15(20)21-14(19)12-7-9-13(17)10-8-12/h7-10,15,20H,5-6,11,17H2,1-4H3. The molecule has 21 heavy (non-hydrogen) atoms. The van der Waals surface area contributed by atoms with Gasteiger partial charge in [0.25, 0.3) is 0 Å². The second-order valence-electron chi connectivity index (χ2n) is 5.83. The molecule has 0 aromatic heterocycles. The summed E-state index contributed by atoms with van der Waals surface area (Å²) in [6.45, 7) is 10.3. The Hall–Kier alpha value is -1.59. The molecule has 0 amide bonds. The van der Waals surface area contributed by atoms with Crippen LogP contribution in [-0.2, 0) is 4.74 Å². The summed E-state index contributed by atoms with van der Waals surface area (Å²) in [6, 6.07) is 6.43. The number of carbonyl (C=O) groups is 1. The summed E-state index contributed by atoms with van der Waals surface area (Å²) in [5.74, 6) is -0.546. The lowest BCUT2D eigenvalue weighted by molar-refractivity contribution is -0.136. The number of carbonyl (C=O) groups excluding carboxylic acids is 1. The van der Waals surface area contributed by atoms with E-state index in [1.165, 1.54) is 0 Å². The molecule has 0 aliphatic heterocycles. The molecule has 0 bridgehead atoms. The average molecular weight is 294 g/mol. The largest absolute Gasteiger partial charge is 0.432 e. The number of nitrogen functional groups attached to an aromatic ring is 1. The third kappa shape index (κ3) is 5.02. The highest BCUT2D eigenvalue weighted by Gasteiger charge is 2.32. The van der Waals surface area contributed by atoms with Crippen LogP contribution in [0.1, 0.15) is 38.1 Å². The predicted molar refractivity (Wildman–Crippen MR) is 83.8 cm³/mol. The van der Waals surface area contributed by atoms with Gasteiger partial charge in [0, 0.05) is 17.6 Å². The fourth-order valence-corrected chi connectivity index (χ4v) is 2.05. The second-order valence-corrected chi connectivity index (χ2v) is 5.83. The molecule has 5 nitrogen and oxygen atoms in total. The Balaban J connectivity index is 2.68. The number of rotatable bonds is 7. The number of esters is 1. The molecule has 0 radical (unpaired) electrons. The van der Waals surface area contributed by atoms with Gasteiger partial charge in [-0.3, -0.25) is 0 Å². The van der Waals surface area contributed by atoms with E-state index >= 15 is 0 Å². The fraction of sp³-hybridized carbons (Fsp3) is 0.562. The highest BCUT2D eigenvalue weighted by atomic mass is 16.6. The molecule has 0 aliphatic rings. The maximum atomic E-state index is 12.0. The van der Waals surface area contributed by atoms with Crippen molar-refractivity contribution in [2.75, 3.05) is 25.4 Å². The van der Waals surface area contributed by atoms with Crippen LogP contribution < -0.4 is 5.73 Å². The molecule has 1 atom stereocenters. The highest BCUT2D eigenvalue weighted by Crippen LogP contribution is 2.24. The van der Waals surface area contributed by atoms with Crippen LogP contribution in [0.2, 0.25) is 0 Å². The monoisotopic (exact) mass is 294 g/mol. The van der Waals surface area contributed by atoms with Crippen molar-refractivity contribution < 1.29 is 14.6 Å². The van der Waals surface area contributed by atoms with Crippen LogP contribution >= 0.6 is 0 Å². The zero-order valence-corrected chi connectivity index (χ0v) is 13.3. The van der Waals surface area contributed by atoms with Crippen LogP contribution in [0.4, 0.5) is 5.69 Å². The lowest BCUT2D eigenvalue weighted by Crippen LogP contribution is -2.43. The Morgan fingerprint density at radius 2 is 1.81 bits per heavy atom. The third-order valence-electron chi connectivity index (χ3n) is 3.56. The smallest absolute Gasteiger partial charge is 0.340 e. The van der Waals surface area contributed by atoms with Gasteiger partial charge in [0.2, 0.25) is 6.29 Å². The maximum absolute atomic E-state index is 12.0.